The van der Waals surface area contributed by atoms with E-state index in [4.69, 9.17) is 14.2 Å². The lowest BCUT2D eigenvalue weighted by molar-refractivity contribution is -0.304. The van der Waals surface area contributed by atoms with Crippen molar-refractivity contribution in [2.75, 3.05) is 53.4 Å². The molecule has 0 spiro atoms. The van der Waals surface area contributed by atoms with Crippen molar-refractivity contribution in [1.82, 2.24) is 14.7 Å². The largest absolute Gasteiger partial charge is 0.462 e. The van der Waals surface area contributed by atoms with E-state index in [0.29, 0.717) is 19.3 Å². The molecule has 4 heterocycles. The maximum absolute atomic E-state index is 13.8. The molecular weight excluding hydrogens is 662 g/mol. The van der Waals surface area contributed by atoms with Gasteiger partial charge in [-0.1, -0.05) is 51.3 Å². The Morgan fingerprint density at radius 2 is 1.54 bits per heavy atom. The second-order valence-electron chi connectivity index (χ2n) is 16.6. The van der Waals surface area contributed by atoms with E-state index in [9.17, 15) is 24.9 Å². The molecular formula is C41H71N3O8. The molecule has 0 aromatic carbocycles. The topological polar surface area (TPSA) is 132 Å². The fraction of sp³-hybridized carbons (Fsp3) is 0.854. The number of aliphatic hydroxyl groups excluding tert-OH is 3. The number of cyclic esters (lactones) is 1. The summed E-state index contributed by atoms with van der Waals surface area (Å²) in [5, 5.41) is 34.2. The number of nitrogens with zero attached hydrogens (tertiary/aromatic N) is 3. The van der Waals surface area contributed by atoms with E-state index in [1.54, 1.807) is 32.0 Å². The van der Waals surface area contributed by atoms with Gasteiger partial charge in [-0.3, -0.25) is 9.59 Å². The van der Waals surface area contributed by atoms with Gasteiger partial charge >= 0.3 is 5.97 Å². The van der Waals surface area contributed by atoms with Gasteiger partial charge in [0.25, 0.3) is 0 Å². The minimum absolute atomic E-state index is 0.0270. The third-order valence-electron chi connectivity index (χ3n) is 12.1. The lowest BCUT2D eigenvalue weighted by Gasteiger charge is -2.47. The van der Waals surface area contributed by atoms with Crippen LogP contribution in [0.2, 0.25) is 0 Å². The molecule has 0 amide bonds. The van der Waals surface area contributed by atoms with Crippen LogP contribution >= 0.6 is 0 Å². The highest BCUT2D eigenvalue weighted by atomic mass is 16.7. The first kappa shape index (κ1) is 43.0. The number of carbonyl (C=O) groups is 2. The van der Waals surface area contributed by atoms with Crippen molar-refractivity contribution in [3.8, 4) is 0 Å². The molecule has 0 saturated carbocycles. The summed E-state index contributed by atoms with van der Waals surface area (Å²) in [6.07, 6.45) is 8.49. The predicted octanol–water partition coefficient (Wildman–Crippen LogP) is 4.18. The Morgan fingerprint density at radius 1 is 0.904 bits per heavy atom. The number of hydrogen-bond donors (Lipinski definition) is 3. The first-order valence-electron chi connectivity index (χ1n) is 20.3. The molecule has 4 rings (SSSR count). The highest BCUT2D eigenvalue weighted by Crippen LogP contribution is 2.35. The van der Waals surface area contributed by atoms with Gasteiger partial charge in [-0.25, -0.2) is 0 Å². The standard InChI is InChI=1S/C41H71N3O8/c1-8-35-32(26-44-20-13-10-14-21-44)23-27(2)15-16-33(45)28(3)24-31(17-22-43-18-11-9-12-19-43)40(29(4)34(46)25-36(47)51-35)52-41-39(49)37(42(6)7)38(48)30(5)50-41/h15-16,23,28-32,34-35,37-41,46,48-49H,8-14,17-22,24-26H2,1-7H3/t28-,29+,30-,31+,32?,34-,35-,37+,38-,39-,40-,41+/m1/s1. The van der Waals surface area contributed by atoms with Crippen molar-refractivity contribution in [3.05, 3.63) is 23.8 Å². The molecule has 12 atom stereocenters. The Balaban J connectivity index is 1.68. The molecule has 11 heteroatoms. The maximum Gasteiger partial charge on any atom is 0.308 e. The average Bonchev–Trinajstić information content (AvgIpc) is 3.12. The normalized spacial score (nSPS) is 38.6. The molecule has 0 aliphatic carbocycles. The van der Waals surface area contributed by atoms with Gasteiger partial charge in [-0.2, -0.15) is 0 Å². The van der Waals surface area contributed by atoms with Crippen molar-refractivity contribution in [2.24, 2.45) is 23.7 Å². The van der Waals surface area contributed by atoms with Crippen LogP contribution in [0.15, 0.2) is 23.8 Å². The van der Waals surface area contributed by atoms with E-state index in [2.05, 4.69) is 15.9 Å². The van der Waals surface area contributed by atoms with Crippen LogP contribution in [-0.2, 0) is 23.8 Å². The number of allylic oxidation sites excluding steroid dienone is 3. The molecule has 0 aromatic rings. The minimum Gasteiger partial charge on any atom is -0.462 e. The van der Waals surface area contributed by atoms with Gasteiger partial charge in [0.1, 0.15) is 12.2 Å². The monoisotopic (exact) mass is 734 g/mol. The van der Waals surface area contributed by atoms with Crippen LogP contribution in [0.3, 0.4) is 0 Å². The Labute approximate surface area is 313 Å². The lowest BCUT2D eigenvalue weighted by atomic mass is 9.79. The Hall–Kier alpha value is -1.70. The lowest BCUT2D eigenvalue weighted by Crippen LogP contribution is -2.63. The molecule has 0 bridgehead atoms. The summed E-state index contributed by atoms with van der Waals surface area (Å²) in [7, 11) is 3.60. The number of hydrogen-bond acceptors (Lipinski definition) is 11. The summed E-state index contributed by atoms with van der Waals surface area (Å²) in [4.78, 5) is 34.1. The smallest absolute Gasteiger partial charge is 0.308 e. The maximum atomic E-state index is 13.8. The van der Waals surface area contributed by atoms with E-state index < -0.39 is 54.7 Å². The van der Waals surface area contributed by atoms with Crippen molar-refractivity contribution in [1.29, 1.82) is 0 Å². The molecule has 1 unspecified atom stereocenters. The summed E-state index contributed by atoms with van der Waals surface area (Å²) in [6, 6.07) is -0.632. The summed E-state index contributed by atoms with van der Waals surface area (Å²) in [6.45, 7) is 15.3. The van der Waals surface area contributed by atoms with Gasteiger partial charge in [0.15, 0.2) is 12.1 Å². The van der Waals surface area contributed by atoms with Crippen LogP contribution in [0.25, 0.3) is 0 Å². The Bertz CT molecular complexity index is 1170. The molecule has 52 heavy (non-hydrogen) atoms. The van der Waals surface area contributed by atoms with E-state index in [1.807, 2.05) is 33.8 Å². The van der Waals surface area contributed by atoms with Gasteiger partial charge in [-0.05, 0) is 118 Å². The van der Waals surface area contributed by atoms with E-state index in [-0.39, 0.29) is 36.1 Å². The number of rotatable bonds is 9. The number of likely N-dealkylation sites (N-methyl/N-ethyl adjacent to an activating group) is 1. The molecule has 11 nitrogen and oxygen atoms in total. The first-order chi connectivity index (χ1) is 24.8. The molecule has 3 fully saturated rings. The van der Waals surface area contributed by atoms with Crippen molar-refractivity contribution >= 4 is 11.8 Å². The van der Waals surface area contributed by atoms with Gasteiger partial charge in [0.05, 0.1) is 36.9 Å². The highest BCUT2D eigenvalue weighted by Gasteiger charge is 2.47. The van der Waals surface area contributed by atoms with Crippen molar-refractivity contribution < 1.29 is 39.1 Å². The van der Waals surface area contributed by atoms with Crippen LogP contribution in [0.1, 0.15) is 98.8 Å². The fourth-order valence-electron chi connectivity index (χ4n) is 8.83. The number of carbonyl (C=O) groups excluding carboxylic acids is 2. The summed E-state index contributed by atoms with van der Waals surface area (Å²) in [5.41, 5.74) is 0.954. The number of likely N-dealkylation sites (tertiary alicyclic amines) is 2. The van der Waals surface area contributed by atoms with Crippen molar-refractivity contribution in [3.63, 3.8) is 0 Å². The zero-order valence-electron chi connectivity index (χ0n) is 33.2. The van der Waals surface area contributed by atoms with E-state index in [0.717, 1.165) is 70.5 Å². The Kier molecular flexibility index (Phi) is 17.2. The van der Waals surface area contributed by atoms with Crippen LogP contribution in [-0.4, -0.2) is 144 Å². The SMILES string of the molecule is CC[C@H]1OC(=O)C[C@@H](O)[C@H](C)[C@@H](O[C@@H]2O[C@H](C)[C@@H](O)[C@H](N(C)C)[C@H]2O)[C@@H](CCN2CCCCC2)C[C@@H](C)C(=O)C=CC(C)=CC1CN1CCCCC1. The van der Waals surface area contributed by atoms with Crippen LogP contribution in [0.4, 0.5) is 0 Å². The summed E-state index contributed by atoms with van der Waals surface area (Å²) < 4.78 is 19.1. The molecule has 3 saturated heterocycles. The van der Waals surface area contributed by atoms with Crippen LogP contribution in [0, 0.1) is 23.7 Å². The number of aliphatic hydroxyl groups is 3. The third kappa shape index (κ3) is 12.2. The zero-order valence-corrected chi connectivity index (χ0v) is 33.2. The zero-order chi connectivity index (χ0) is 37.9. The minimum atomic E-state index is -1.17. The highest BCUT2D eigenvalue weighted by molar-refractivity contribution is 5.91. The van der Waals surface area contributed by atoms with Crippen molar-refractivity contribution in [2.45, 2.75) is 148 Å². The summed E-state index contributed by atoms with van der Waals surface area (Å²) >= 11 is 0. The Morgan fingerprint density at radius 3 is 2.15 bits per heavy atom. The molecule has 4 aliphatic heterocycles. The van der Waals surface area contributed by atoms with E-state index >= 15 is 0 Å². The van der Waals surface area contributed by atoms with Gasteiger partial charge in [0.2, 0.25) is 0 Å². The molecule has 298 valence electrons. The quantitative estimate of drug-likeness (QED) is 0.295. The van der Waals surface area contributed by atoms with Gasteiger partial charge < -0.3 is 44.2 Å². The number of piperidine rings is 2. The number of ketones is 1. The fourth-order valence-corrected chi connectivity index (χ4v) is 8.83. The summed E-state index contributed by atoms with van der Waals surface area (Å²) in [5.74, 6) is -1.58. The number of ether oxygens (including phenoxy) is 3. The second-order valence-corrected chi connectivity index (χ2v) is 16.6. The van der Waals surface area contributed by atoms with Gasteiger partial charge in [0, 0.05) is 24.3 Å². The molecule has 0 radical (unpaired) electrons. The number of esters is 1. The second kappa shape index (κ2) is 20.8. The van der Waals surface area contributed by atoms with Gasteiger partial charge in [-0.15, -0.1) is 0 Å². The molecule has 4 aliphatic rings. The predicted molar refractivity (Wildman–Crippen MR) is 203 cm³/mol. The molecule has 3 N–H and O–H groups in total. The van der Waals surface area contributed by atoms with Crippen LogP contribution < -0.4 is 0 Å². The first-order valence-corrected chi connectivity index (χ1v) is 20.3. The van der Waals surface area contributed by atoms with E-state index in [1.165, 1.54) is 12.8 Å². The average molecular weight is 734 g/mol. The third-order valence-corrected chi connectivity index (χ3v) is 12.1. The molecule has 0 aromatic heterocycles. The van der Waals surface area contributed by atoms with Crippen LogP contribution in [0.5, 0.6) is 0 Å².